The highest BCUT2D eigenvalue weighted by atomic mass is 15.1. The molecule has 0 atom stereocenters. The molecular weight excluding hydrogens is 346 g/mol. The van der Waals surface area contributed by atoms with Crippen LogP contribution in [0.15, 0.2) is 48.7 Å². The summed E-state index contributed by atoms with van der Waals surface area (Å²) >= 11 is 0. The number of nitriles is 1. The van der Waals surface area contributed by atoms with E-state index in [2.05, 4.69) is 28.9 Å². The Morgan fingerprint density at radius 3 is 2.75 bits per heavy atom. The number of hydrogen-bond acceptors (Lipinski definition) is 5. The summed E-state index contributed by atoms with van der Waals surface area (Å²) in [6.45, 7) is 4.81. The van der Waals surface area contributed by atoms with Gasteiger partial charge < -0.3 is 0 Å². The second-order valence-corrected chi connectivity index (χ2v) is 7.17. The lowest BCUT2D eigenvalue weighted by molar-refractivity contribution is 0.240. The molecule has 1 aromatic carbocycles. The molecule has 0 amide bonds. The van der Waals surface area contributed by atoms with Crippen molar-refractivity contribution in [1.29, 1.82) is 5.26 Å². The standard InChI is InChI=1S/C23H23N5/c1-2-4-23-25-14-19-15-28(12-11-22(19)27-23)16-20-5-3-6-21(26-20)18-9-7-17(13-24)8-10-18/h3,5-10,14H,2,4,11-12,15-16H2,1H3. The molecule has 0 bridgehead atoms. The third-order valence-electron chi connectivity index (χ3n) is 5.04. The van der Waals surface area contributed by atoms with E-state index in [4.69, 9.17) is 15.2 Å². The van der Waals surface area contributed by atoms with Crippen LogP contribution in [0.4, 0.5) is 0 Å². The predicted octanol–water partition coefficient (Wildman–Crippen LogP) is 3.92. The Morgan fingerprint density at radius 2 is 1.96 bits per heavy atom. The van der Waals surface area contributed by atoms with Crippen LogP contribution in [-0.2, 0) is 25.9 Å². The molecule has 4 rings (SSSR count). The van der Waals surface area contributed by atoms with Gasteiger partial charge in [0.05, 0.1) is 23.0 Å². The zero-order valence-electron chi connectivity index (χ0n) is 16.1. The summed E-state index contributed by atoms with van der Waals surface area (Å²) in [6, 6.07) is 15.9. The summed E-state index contributed by atoms with van der Waals surface area (Å²) in [5, 5.41) is 8.96. The fourth-order valence-corrected chi connectivity index (χ4v) is 3.57. The maximum Gasteiger partial charge on any atom is 0.128 e. The summed E-state index contributed by atoms with van der Waals surface area (Å²) < 4.78 is 0. The number of rotatable bonds is 5. The van der Waals surface area contributed by atoms with Gasteiger partial charge in [-0.3, -0.25) is 9.88 Å². The Balaban J connectivity index is 1.47. The largest absolute Gasteiger partial charge is 0.293 e. The average Bonchev–Trinajstić information content (AvgIpc) is 2.74. The van der Waals surface area contributed by atoms with Crippen molar-refractivity contribution in [3.63, 3.8) is 0 Å². The molecule has 0 radical (unpaired) electrons. The van der Waals surface area contributed by atoms with E-state index in [9.17, 15) is 0 Å². The highest BCUT2D eigenvalue weighted by Gasteiger charge is 2.19. The van der Waals surface area contributed by atoms with Gasteiger partial charge in [0.25, 0.3) is 0 Å². The number of hydrogen-bond donors (Lipinski definition) is 0. The second-order valence-electron chi connectivity index (χ2n) is 7.17. The first kappa shape index (κ1) is 18.3. The minimum absolute atomic E-state index is 0.663. The lowest BCUT2D eigenvalue weighted by Crippen LogP contribution is -2.31. The lowest BCUT2D eigenvalue weighted by atomic mass is 10.1. The van der Waals surface area contributed by atoms with Crippen LogP contribution < -0.4 is 0 Å². The predicted molar refractivity (Wildman–Crippen MR) is 108 cm³/mol. The van der Waals surface area contributed by atoms with Crippen LogP contribution in [0, 0.1) is 11.3 Å². The van der Waals surface area contributed by atoms with Gasteiger partial charge in [-0.25, -0.2) is 9.97 Å². The van der Waals surface area contributed by atoms with E-state index in [1.807, 2.05) is 42.6 Å². The van der Waals surface area contributed by atoms with E-state index in [0.29, 0.717) is 5.56 Å². The Bertz CT molecular complexity index is 1000. The first-order valence-electron chi connectivity index (χ1n) is 9.77. The molecule has 0 saturated heterocycles. The van der Waals surface area contributed by atoms with Crippen molar-refractivity contribution in [2.45, 2.75) is 39.3 Å². The zero-order chi connectivity index (χ0) is 19.3. The average molecular weight is 369 g/mol. The fraction of sp³-hybridized carbons (Fsp3) is 0.304. The summed E-state index contributed by atoms with van der Waals surface area (Å²) in [6.07, 6.45) is 4.99. The molecule has 0 unspecified atom stereocenters. The summed E-state index contributed by atoms with van der Waals surface area (Å²) in [7, 11) is 0. The van der Waals surface area contributed by atoms with Gasteiger partial charge in [0.2, 0.25) is 0 Å². The maximum absolute atomic E-state index is 8.96. The molecule has 5 heteroatoms. The molecule has 2 aromatic heterocycles. The molecule has 1 aliphatic heterocycles. The van der Waals surface area contributed by atoms with Crippen molar-refractivity contribution in [3.8, 4) is 17.3 Å². The van der Waals surface area contributed by atoms with Crippen LogP contribution in [0.2, 0.25) is 0 Å². The van der Waals surface area contributed by atoms with Crippen molar-refractivity contribution in [3.05, 3.63) is 77.0 Å². The molecule has 1 aliphatic rings. The van der Waals surface area contributed by atoms with E-state index < -0.39 is 0 Å². The molecule has 3 aromatic rings. The summed E-state index contributed by atoms with van der Waals surface area (Å²) in [5.74, 6) is 0.964. The first-order valence-corrected chi connectivity index (χ1v) is 9.77. The second kappa shape index (κ2) is 8.28. The highest BCUT2D eigenvalue weighted by molar-refractivity contribution is 5.60. The molecule has 0 spiro atoms. The number of benzene rings is 1. The summed E-state index contributed by atoms with van der Waals surface area (Å²) in [4.78, 5) is 16.5. The third kappa shape index (κ3) is 4.08. The van der Waals surface area contributed by atoms with E-state index in [-0.39, 0.29) is 0 Å². The van der Waals surface area contributed by atoms with Gasteiger partial charge in [0.1, 0.15) is 5.82 Å². The van der Waals surface area contributed by atoms with Crippen LogP contribution >= 0.6 is 0 Å². The molecule has 0 N–H and O–H groups in total. The van der Waals surface area contributed by atoms with Crippen LogP contribution in [0.3, 0.4) is 0 Å². The first-order chi connectivity index (χ1) is 13.7. The van der Waals surface area contributed by atoms with Gasteiger partial charge in [0, 0.05) is 55.5 Å². The SMILES string of the molecule is CCCc1ncc2c(n1)CCN(Cc1cccc(-c3ccc(C#N)cc3)n1)C2. The van der Waals surface area contributed by atoms with Gasteiger partial charge in [-0.05, 0) is 30.7 Å². The molecular formula is C23H23N5. The van der Waals surface area contributed by atoms with Crippen molar-refractivity contribution in [2.75, 3.05) is 6.54 Å². The third-order valence-corrected chi connectivity index (χ3v) is 5.04. The van der Waals surface area contributed by atoms with Gasteiger partial charge in [0.15, 0.2) is 0 Å². The maximum atomic E-state index is 8.96. The number of aromatic nitrogens is 3. The van der Waals surface area contributed by atoms with Crippen molar-refractivity contribution in [2.24, 2.45) is 0 Å². The van der Waals surface area contributed by atoms with Gasteiger partial charge >= 0.3 is 0 Å². The normalized spacial score (nSPS) is 13.7. The van der Waals surface area contributed by atoms with E-state index >= 15 is 0 Å². The molecule has 28 heavy (non-hydrogen) atoms. The smallest absolute Gasteiger partial charge is 0.128 e. The van der Waals surface area contributed by atoms with Crippen LogP contribution in [0.25, 0.3) is 11.3 Å². The Hall–Kier alpha value is -3.10. The molecule has 0 fully saturated rings. The molecule has 0 saturated carbocycles. The van der Waals surface area contributed by atoms with E-state index in [1.54, 1.807) is 0 Å². The molecule has 140 valence electrons. The number of pyridine rings is 1. The molecule has 3 heterocycles. The molecule has 0 aliphatic carbocycles. The Labute approximate surface area is 165 Å². The van der Waals surface area contributed by atoms with E-state index in [0.717, 1.165) is 61.7 Å². The van der Waals surface area contributed by atoms with Crippen LogP contribution in [-0.4, -0.2) is 26.4 Å². The number of nitrogens with zero attached hydrogens (tertiary/aromatic N) is 5. The molecule has 5 nitrogen and oxygen atoms in total. The van der Waals surface area contributed by atoms with Crippen LogP contribution in [0.1, 0.15) is 41.7 Å². The quantitative estimate of drug-likeness (QED) is 0.682. The number of fused-ring (bicyclic) bond motifs is 1. The zero-order valence-corrected chi connectivity index (χ0v) is 16.1. The van der Waals surface area contributed by atoms with Gasteiger partial charge in [-0.1, -0.05) is 25.1 Å². The highest BCUT2D eigenvalue weighted by Crippen LogP contribution is 2.21. The van der Waals surface area contributed by atoms with Crippen LogP contribution in [0.5, 0.6) is 0 Å². The Kier molecular flexibility index (Phi) is 5.41. The summed E-state index contributed by atoms with van der Waals surface area (Å²) in [5.41, 5.74) is 6.11. The minimum Gasteiger partial charge on any atom is -0.293 e. The van der Waals surface area contributed by atoms with Crippen molar-refractivity contribution in [1.82, 2.24) is 19.9 Å². The van der Waals surface area contributed by atoms with Gasteiger partial charge in [-0.15, -0.1) is 0 Å². The lowest BCUT2D eigenvalue weighted by Gasteiger charge is -2.27. The minimum atomic E-state index is 0.663. The topological polar surface area (TPSA) is 65.7 Å². The van der Waals surface area contributed by atoms with Gasteiger partial charge in [-0.2, -0.15) is 5.26 Å². The Morgan fingerprint density at radius 1 is 1.11 bits per heavy atom. The fourth-order valence-electron chi connectivity index (χ4n) is 3.57. The van der Waals surface area contributed by atoms with E-state index in [1.165, 1.54) is 11.3 Å². The number of aryl methyl sites for hydroxylation is 1. The van der Waals surface area contributed by atoms with Crippen molar-refractivity contribution >= 4 is 0 Å². The van der Waals surface area contributed by atoms with Crippen molar-refractivity contribution < 1.29 is 0 Å². The monoisotopic (exact) mass is 369 g/mol.